The fourth-order valence-corrected chi connectivity index (χ4v) is 4.31. The molecule has 116 valence electrons. The van der Waals surface area contributed by atoms with E-state index in [4.69, 9.17) is 4.43 Å². The second kappa shape index (κ2) is 7.41. The Kier molecular flexibility index (Phi) is 5.83. The molecule has 1 nitrogen and oxygen atoms in total. The first-order chi connectivity index (χ1) is 10.0. The standard InChI is InChI=1S/C19H30OSi/c1-5-6-13-17(16-11-8-7-9-12-16)18-14-10-15-19(18)20-21(2,3)4/h7-9,11-12,19H,5-6,10,13-15H2,1-4H3/b18-17+. The van der Waals surface area contributed by atoms with E-state index in [1.165, 1.54) is 44.1 Å². The molecule has 0 amide bonds. The van der Waals surface area contributed by atoms with Crippen molar-refractivity contribution in [2.75, 3.05) is 0 Å². The number of hydrogen-bond donors (Lipinski definition) is 0. The van der Waals surface area contributed by atoms with E-state index in [1.807, 2.05) is 0 Å². The summed E-state index contributed by atoms with van der Waals surface area (Å²) in [6.07, 6.45) is 7.82. The Bertz CT molecular complexity index is 470. The molecule has 0 heterocycles. The number of rotatable bonds is 6. The van der Waals surface area contributed by atoms with Crippen molar-refractivity contribution >= 4 is 13.9 Å². The van der Waals surface area contributed by atoms with Crippen LogP contribution >= 0.6 is 0 Å². The Morgan fingerprint density at radius 1 is 1.19 bits per heavy atom. The molecule has 0 spiro atoms. The molecule has 1 aliphatic carbocycles. The van der Waals surface area contributed by atoms with Crippen molar-refractivity contribution < 1.29 is 4.43 Å². The molecular weight excluding hydrogens is 272 g/mol. The van der Waals surface area contributed by atoms with Gasteiger partial charge in [-0.2, -0.15) is 0 Å². The number of benzene rings is 1. The topological polar surface area (TPSA) is 9.23 Å². The fraction of sp³-hybridized carbons (Fsp3) is 0.579. The van der Waals surface area contributed by atoms with Crippen LogP contribution in [0.15, 0.2) is 35.9 Å². The first-order valence-electron chi connectivity index (χ1n) is 8.46. The van der Waals surface area contributed by atoms with Crippen LogP contribution in [-0.2, 0) is 4.43 Å². The van der Waals surface area contributed by atoms with Gasteiger partial charge in [-0.1, -0.05) is 43.7 Å². The van der Waals surface area contributed by atoms with E-state index >= 15 is 0 Å². The van der Waals surface area contributed by atoms with Gasteiger partial charge in [0, 0.05) is 0 Å². The first kappa shape index (κ1) is 16.5. The highest BCUT2D eigenvalue weighted by atomic mass is 28.4. The Balaban J connectivity index is 2.32. The minimum Gasteiger partial charge on any atom is -0.411 e. The summed E-state index contributed by atoms with van der Waals surface area (Å²) in [5.41, 5.74) is 4.57. The van der Waals surface area contributed by atoms with Crippen LogP contribution in [0.2, 0.25) is 19.6 Å². The van der Waals surface area contributed by atoms with Gasteiger partial charge >= 0.3 is 0 Å². The zero-order chi connectivity index (χ0) is 15.3. The van der Waals surface area contributed by atoms with Crippen molar-refractivity contribution in [3.8, 4) is 0 Å². The van der Waals surface area contributed by atoms with Crippen molar-refractivity contribution in [2.24, 2.45) is 0 Å². The lowest BCUT2D eigenvalue weighted by Gasteiger charge is -2.26. The molecule has 2 heteroatoms. The average molecular weight is 303 g/mol. The van der Waals surface area contributed by atoms with Crippen LogP contribution in [-0.4, -0.2) is 14.4 Å². The second-order valence-corrected chi connectivity index (χ2v) is 11.5. The van der Waals surface area contributed by atoms with Crippen LogP contribution in [0.5, 0.6) is 0 Å². The van der Waals surface area contributed by atoms with E-state index in [9.17, 15) is 0 Å². The molecule has 1 aromatic rings. The first-order valence-corrected chi connectivity index (χ1v) is 11.9. The lowest BCUT2D eigenvalue weighted by atomic mass is 9.93. The molecule has 2 rings (SSSR count). The van der Waals surface area contributed by atoms with E-state index in [2.05, 4.69) is 56.9 Å². The van der Waals surface area contributed by atoms with Crippen molar-refractivity contribution in [3.05, 3.63) is 41.5 Å². The molecule has 1 fully saturated rings. The smallest absolute Gasteiger partial charge is 0.184 e. The summed E-state index contributed by atoms with van der Waals surface area (Å²) >= 11 is 0. The molecule has 0 bridgehead atoms. The summed E-state index contributed by atoms with van der Waals surface area (Å²) < 4.78 is 6.47. The molecule has 21 heavy (non-hydrogen) atoms. The molecule has 1 atom stereocenters. The summed E-state index contributed by atoms with van der Waals surface area (Å²) in [5, 5.41) is 0. The molecule has 1 aliphatic rings. The quantitative estimate of drug-likeness (QED) is 0.582. The number of unbranched alkanes of at least 4 members (excludes halogenated alkanes) is 1. The van der Waals surface area contributed by atoms with E-state index in [0.29, 0.717) is 6.10 Å². The zero-order valence-electron chi connectivity index (χ0n) is 14.1. The van der Waals surface area contributed by atoms with Gasteiger partial charge in [-0.05, 0) is 68.5 Å². The van der Waals surface area contributed by atoms with Gasteiger partial charge in [0.1, 0.15) is 0 Å². The number of allylic oxidation sites excluding steroid dienone is 1. The van der Waals surface area contributed by atoms with Gasteiger partial charge in [-0.25, -0.2) is 0 Å². The molecule has 0 radical (unpaired) electrons. The highest BCUT2D eigenvalue weighted by Gasteiger charge is 2.29. The van der Waals surface area contributed by atoms with Gasteiger partial charge in [0.05, 0.1) is 6.10 Å². The third kappa shape index (κ3) is 4.82. The molecule has 0 aliphatic heterocycles. The third-order valence-corrected chi connectivity index (χ3v) is 5.08. The van der Waals surface area contributed by atoms with Crippen molar-refractivity contribution in [1.82, 2.24) is 0 Å². The molecule has 1 unspecified atom stereocenters. The highest BCUT2D eigenvalue weighted by molar-refractivity contribution is 6.69. The second-order valence-electron chi connectivity index (χ2n) is 7.08. The Hall–Kier alpha value is -0.863. The minimum absolute atomic E-state index is 0.378. The molecule has 1 saturated carbocycles. The normalized spacial score (nSPS) is 21.6. The van der Waals surface area contributed by atoms with Gasteiger partial charge in [-0.3, -0.25) is 0 Å². The summed E-state index contributed by atoms with van der Waals surface area (Å²) in [5.74, 6) is 0. The Labute approximate surface area is 131 Å². The van der Waals surface area contributed by atoms with Gasteiger partial charge in [-0.15, -0.1) is 0 Å². The van der Waals surface area contributed by atoms with Crippen LogP contribution in [0.3, 0.4) is 0 Å². The van der Waals surface area contributed by atoms with E-state index in [0.717, 1.165) is 0 Å². The Morgan fingerprint density at radius 2 is 1.90 bits per heavy atom. The largest absolute Gasteiger partial charge is 0.411 e. The summed E-state index contributed by atoms with van der Waals surface area (Å²) in [6, 6.07) is 11.0. The number of hydrogen-bond acceptors (Lipinski definition) is 1. The van der Waals surface area contributed by atoms with E-state index in [1.54, 1.807) is 11.1 Å². The van der Waals surface area contributed by atoms with Crippen molar-refractivity contribution in [2.45, 2.75) is 71.2 Å². The predicted octanol–water partition coefficient (Wildman–Crippen LogP) is 6.03. The molecule has 0 N–H and O–H groups in total. The van der Waals surface area contributed by atoms with Crippen LogP contribution in [0.1, 0.15) is 51.0 Å². The monoisotopic (exact) mass is 302 g/mol. The summed E-state index contributed by atoms with van der Waals surface area (Å²) in [7, 11) is -1.48. The van der Waals surface area contributed by atoms with Crippen LogP contribution < -0.4 is 0 Å². The highest BCUT2D eigenvalue weighted by Crippen LogP contribution is 2.37. The average Bonchev–Trinajstić information content (AvgIpc) is 2.86. The van der Waals surface area contributed by atoms with Gasteiger partial charge < -0.3 is 4.43 Å². The maximum absolute atomic E-state index is 6.47. The molecular formula is C19H30OSi. The lowest BCUT2D eigenvalue weighted by Crippen LogP contribution is -2.31. The third-order valence-electron chi connectivity index (χ3n) is 4.09. The van der Waals surface area contributed by atoms with E-state index in [-0.39, 0.29) is 0 Å². The van der Waals surface area contributed by atoms with Crippen LogP contribution in [0, 0.1) is 0 Å². The maximum Gasteiger partial charge on any atom is 0.184 e. The van der Waals surface area contributed by atoms with Crippen molar-refractivity contribution in [1.29, 1.82) is 0 Å². The minimum atomic E-state index is -1.48. The van der Waals surface area contributed by atoms with Crippen LogP contribution in [0.4, 0.5) is 0 Å². The van der Waals surface area contributed by atoms with Gasteiger partial charge in [0.15, 0.2) is 8.32 Å². The van der Waals surface area contributed by atoms with E-state index < -0.39 is 8.32 Å². The molecule has 0 saturated heterocycles. The SMILES string of the molecule is CCCC/C(=C1/CCCC1O[Si](C)(C)C)c1ccccc1. The fourth-order valence-electron chi connectivity index (χ4n) is 3.20. The molecule has 1 aromatic carbocycles. The van der Waals surface area contributed by atoms with Crippen molar-refractivity contribution in [3.63, 3.8) is 0 Å². The Morgan fingerprint density at radius 3 is 2.52 bits per heavy atom. The summed E-state index contributed by atoms with van der Waals surface area (Å²) in [6.45, 7) is 9.18. The molecule has 0 aromatic heterocycles. The van der Waals surface area contributed by atoms with Crippen LogP contribution in [0.25, 0.3) is 5.57 Å². The van der Waals surface area contributed by atoms with Gasteiger partial charge in [0.2, 0.25) is 0 Å². The lowest BCUT2D eigenvalue weighted by molar-refractivity contribution is 0.237. The van der Waals surface area contributed by atoms with Gasteiger partial charge in [0.25, 0.3) is 0 Å². The predicted molar refractivity (Wildman–Crippen MR) is 95.0 cm³/mol. The zero-order valence-corrected chi connectivity index (χ0v) is 15.1. The summed E-state index contributed by atoms with van der Waals surface area (Å²) in [4.78, 5) is 0. The maximum atomic E-state index is 6.47.